The highest BCUT2D eigenvalue weighted by molar-refractivity contribution is 6.06. The van der Waals surface area contributed by atoms with E-state index in [0.29, 0.717) is 41.8 Å². The molecule has 8 nitrogen and oxygen atoms in total. The van der Waals surface area contributed by atoms with Crippen molar-refractivity contribution in [3.8, 4) is 5.75 Å². The Hall–Kier alpha value is -3.88. The Balaban J connectivity index is 1.33. The van der Waals surface area contributed by atoms with E-state index < -0.39 is 0 Å². The predicted molar refractivity (Wildman–Crippen MR) is 154 cm³/mol. The number of hydrogen-bond acceptors (Lipinski definition) is 6. The minimum Gasteiger partial charge on any atom is -0.495 e. The van der Waals surface area contributed by atoms with Gasteiger partial charge in [0.15, 0.2) is 0 Å². The first kappa shape index (κ1) is 28.1. The van der Waals surface area contributed by atoms with Crippen LogP contribution in [0.1, 0.15) is 44.7 Å². The van der Waals surface area contributed by atoms with Crippen molar-refractivity contribution in [2.24, 2.45) is 0 Å². The summed E-state index contributed by atoms with van der Waals surface area (Å²) in [5.74, 6) is 0.380. The Morgan fingerprint density at radius 1 is 0.949 bits per heavy atom. The van der Waals surface area contributed by atoms with E-state index in [-0.39, 0.29) is 11.8 Å². The zero-order valence-electron chi connectivity index (χ0n) is 23.2. The molecule has 0 spiro atoms. The summed E-state index contributed by atoms with van der Waals surface area (Å²) in [5.41, 5.74) is 10.2. The normalized spacial score (nSPS) is 13.9. The van der Waals surface area contributed by atoms with Crippen LogP contribution in [-0.2, 0) is 18.0 Å². The second-order valence-electron chi connectivity index (χ2n) is 10.1. The third-order valence-corrected chi connectivity index (χ3v) is 7.36. The van der Waals surface area contributed by atoms with E-state index in [1.807, 2.05) is 53.4 Å². The maximum Gasteiger partial charge on any atom is 0.258 e. The van der Waals surface area contributed by atoms with Crippen molar-refractivity contribution in [2.75, 3.05) is 52.0 Å². The fraction of sp³-hybridized carbons (Fsp3) is 0.355. The number of carbonyl (C=O) groups is 2. The molecule has 1 saturated heterocycles. The molecule has 2 N–H and O–H groups in total. The maximum atomic E-state index is 13.3. The van der Waals surface area contributed by atoms with Crippen molar-refractivity contribution in [2.45, 2.75) is 32.1 Å². The minimum atomic E-state index is -0.162. The van der Waals surface area contributed by atoms with Gasteiger partial charge < -0.3 is 29.9 Å². The Morgan fingerprint density at radius 3 is 2.31 bits per heavy atom. The van der Waals surface area contributed by atoms with Gasteiger partial charge in [-0.15, -0.1) is 0 Å². The average molecular weight is 531 g/mol. The highest BCUT2D eigenvalue weighted by Crippen LogP contribution is 2.25. The van der Waals surface area contributed by atoms with Crippen LogP contribution in [0.4, 0.5) is 11.4 Å². The lowest BCUT2D eigenvalue weighted by molar-refractivity contribution is 0.0652. The lowest BCUT2D eigenvalue weighted by atomic mass is 10.0. The molecule has 3 aromatic carbocycles. The van der Waals surface area contributed by atoms with Crippen LogP contribution in [-0.4, -0.2) is 69.0 Å². The molecule has 3 aromatic rings. The van der Waals surface area contributed by atoms with E-state index in [2.05, 4.69) is 19.0 Å². The number of nitrogen functional groups attached to an aromatic ring is 1. The summed E-state index contributed by atoms with van der Waals surface area (Å²) in [5, 5.41) is 0. The molecule has 0 aliphatic carbocycles. The molecule has 1 fully saturated rings. The van der Waals surface area contributed by atoms with Crippen LogP contribution >= 0.6 is 0 Å². The van der Waals surface area contributed by atoms with Crippen LogP contribution < -0.4 is 15.4 Å². The highest BCUT2D eigenvalue weighted by Gasteiger charge is 2.25. The molecule has 0 aromatic heterocycles. The molecule has 1 aliphatic heterocycles. The monoisotopic (exact) mass is 530 g/mol. The second kappa shape index (κ2) is 12.8. The van der Waals surface area contributed by atoms with E-state index in [1.54, 1.807) is 30.1 Å². The molecular weight excluding hydrogens is 492 g/mol. The predicted octanol–water partition coefficient (Wildman–Crippen LogP) is 4.44. The van der Waals surface area contributed by atoms with Gasteiger partial charge in [-0.3, -0.25) is 9.59 Å². The van der Waals surface area contributed by atoms with E-state index in [4.69, 9.17) is 15.2 Å². The van der Waals surface area contributed by atoms with Crippen LogP contribution in [0.25, 0.3) is 0 Å². The van der Waals surface area contributed by atoms with Crippen molar-refractivity contribution in [1.82, 2.24) is 9.80 Å². The smallest absolute Gasteiger partial charge is 0.258 e. The largest absolute Gasteiger partial charge is 0.495 e. The molecule has 206 valence electrons. The zero-order valence-corrected chi connectivity index (χ0v) is 23.2. The van der Waals surface area contributed by atoms with Gasteiger partial charge in [0, 0.05) is 43.0 Å². The summed E-state index contributed by atoms with van der Waals surface area (Å²) in [6, 6.07) is 20.9. The molecule has 0 unspecified atom stereocenters. The van der Waals surface area contributed by atoms with Crippen LogP contribution in [0.5, 0.6) is 5.75 Å². The molecule has 2 amide bonds. The van der Waals surface area contributed by atoms with Crippen molar-refractivity contribution in [3.05, 3.63) is 89.0 Å². The van der Waals surface area contributed by atoms with E-state index in [1.165, 1.54) is 7.11 Å². The molecule has 39 heavy (non-hydrogen) atoms. The molecule has 0 bridgehead atoms. The van der Waals surface area contributed by atoms with Gasteiger partial charge in [0.2, 0.25) is 0 Å². The van der Waals surface area contributed by atoms with Gasteiger partial charge in [0.25, 0.3) is 11.8 Å². The van der Waals surface area contributed by atoms with E-state index >= 15 is 0 Å². The number of hydrogen-bond donors (Lipinski definition) is 1. The number of piperidine rings is 1. The molecule has 8 heteroatoms. The van der Waals surface area contributed by atoms with Crippen molar-refractivity contribution >= 4 is 23.2 Å². The minimum absolute atomic E-state index is 0.0715. The number of carbonyl (C=O) groups excluding carboxylic acids is 2. The van der Waals surface area contributed by atoms with Gasteiger partial charge in [-0.1, -0.05) is 30.3 Å². The lowest BCUT2D eigenvalue weighted by Gasteiger charge is -2.35. The highest BCUT2D eigenvalue weighted by atomic mass is 16.5. The summed E-state index contributed by atoms with van der Waals surface area (Å²) in [7, 11) is 7.45. The Bertz CT molecular complexity index is 1280. The Morgan fingerprint density at radius 2 is 1.64 bits per heavy atom. The molecule has 0 atom stereocenters. The van der Waals surface area contributed by atoms with Crippen molar-refractivity contribution in [3.63, 3.8) is 0 Å². The topological polar surface area (TPSA) is 88.3 Å². The number of benzene rings is 3. The first-order valence-corrected chi connectivity index (χ1v) is 13.2. The van der Waals surface area contributed by atoms with E-state index in [9.17, 15) is 9.59 Å². The first-order chi connectivity index (χ1) is 18.8. The van der Waals surface area contributed by atoms with Crippen LogP contribution in [0.3, 0.4) is 0 Å². The van der Waals surface area contributed by atoms with Crippen LogP contribution in [0.2, 0.25) is 0 Å². The average Bonchev–Trinajstić information content (AvgIpc) is 2.97. The standard InChI is InChI=1S/C31H38N4O4/c1-33(2)25-15-17-35(18-16-25)31(37)27-8-6-5-7-24(27)21-39-20-22-9-12-26(13-10-22)34(3)30(36)23-11-14-28(32)29(19-23)38-4/h5-14,19,25H,15-18,20-21,32H2,1-4H3. The van der Waals surface area contributed by atoms with Gasteiger partial charge in [0.1, 0.15) is 5.75 Å². The molecular formula is C31H38N4O4. The molecule has 0 radical (unpaired) electrons. The summed E-state index contributed by atoms with van der Waals surface area (Å²) in [6.07, 6.45) is 1.98. The summed E-state index contributed by atoms with van der Waals surface area (Å²) < 4.78 is 11.2. The molecule has 1 aliphatic rings. The first-order valence-electron chi connectivity index (χ1n) is 13.2. The van der Waals surface area contributed by atoms with Crippen LogP contribution in [0, 0.1) is 0 Å². The van der Waals surface area contributed by atoms with Crippen LogP contribution in [0.15, 0.2) is 66.7 Å². The second-order valence-corrected chi connectivity index (χ2v) is 10.1. The SMILES string of the molecule is COc1cc(C(=O)N(C)c2ccc(COCc3ccccc3C(=O)N3CCC(N(C)C)CC3)cc2)ccc1N. The third-order valence-electron chi connectivity index (χ3n) is 7.36. The number of methoxy groups -OCH3 is 1. The number of ether oxygens (including phenoxy) is 2. The van der Waals surface area contributed by atoms with Gasteiger partial charge >= 0.3 is 0 Å². The van der Waals surface area contributed by atoms with Gasteiger partial charge in [-0.25, -0.2) is 0 Å². The van der Waals surface area contributed by atoms with Gasteiger partial charge in [-0.2, -0.15) is 0 Å². The Kier molecular flexibility index (Phi) is 9.22. The Labute approximate surface area is 230 Å². The maximum absolute atomic E-state index is 13.3. The number of amides is 2. The molecule has 1 heterocycles. The zero-order chi connectivity index (χ0) is 27.9. The van der Waals surface area contributed by atoms with Crippen molar-refractivity contribution in [1.29, 1.82) is 0 Å². The fourth-order valence-corrected chi connectivity index (χ4v) is 4.86. The fourth-order valence-electron chi connectivity index (χ4n) is 4.86. The number of nitrogens with two attached hydrogens (primary N) is 1. The third kappa shape index (κ3) is 6.77. The molecule has 0 saturated carbocycles. The number of likely N-dealkylation sites (tertiary alicyclic amines) is 1. The lowest BCUT2D eigenvalue weighted by Crippen LogP contribution is -2.44. The number of anilines is 2. The quantitative estimate of drug-likeness (QED) is 0.412. The summed E-state index contributed by atoms with van der Waals surface area (Å²) in [6.45, 7) is 2.27. The van der Waals surface area contributed by atoms with E-state index in [0.717, 1.165) is 42.7 Å². The number of nitrogens with zero attached hydrogens (tertiary/aromatic N) is 3. The summed E-state index contributed by atoms with van der Waals surface area (Å²) >= 11 is 0. The van der Waals surface area contributed by atoms with Gasteiger partial charge in [0.05, 0.1) is 26.0 Å². The van der Waals surface area contributed by atoms with Gasteiger partial charge in [-0.05, 0) is 74.5 Å². The number of rotatable bonds is 9. The summed E-state index contributed by atoms with van der Waals surface area (Å²) in [4.78, 5) is 32.0. The molecule has 4 rings (SSSR count). The van der Waals surface area contributed by atoms with Crippen molar-refractivity contribution < 1.29 is 19.1 Å².